The summed E-state index contributed by atoms with van der Waals surface area (Å²) in [6.45, 7) is 3.52. The third kappa shape index (κ3) is 5.46. The SMILES string of the molecule is Cc1ccc(C2(C(=O)Nc3ccc(-c4cnc5nc4NCCCNSc4cccc(c4)N5)cc3F)CC2)cc1. The van der Waals surface area contributed by atoms with E-state index in [9.17, 15) is 4.79 Å². The van der Waals surface area contributed by atoms with Crippen molar-refractivity contribution >= 4 is 41.0 Å². The van der Waals surface area contributed by atoms with Gasteiger partial charge in [-0.2, -0.15) is 4.98 Å². The Morgan fingerprint density at radius 3 is 2.69 bits per heavy atom. The summed E-state index contributed by atoms with van der Waals surface area (Å²) in [5, 5.41) is 9.47. The minimum absolute atomic E-state index is 0.165. The first-order valence-electron chi connectivity index (χ1n) is 13.1. The second-order valence-corrected chi connectivity index (χ2v) is 10.9. The maximum Gasteiger partial charge on any atom is 0.235 e. The lowest BCUT2D eigenvalue weighted by Crippen LogP contribution is -2.28. The number of hydrogen-bond acceptors (Lipinski definition) is 7. The van der Waals surface area contributed by atoms with E-state index in [-0.39, 0.29) is 11.6 Å². The van der Waals surface area contributed by atoms with Crippen LogP contribution in [0.2, 0.25) is 0 Å². The van der Waals surface area contributed by atoms with Crippen LogP contribution in [0.3, 0.4) is 0 Å². The molecule has 1 amide bonds. The molecule has 1 aliphatic carbocycles. The number of anilines is 4. The molecule has 4 N–H and O–H groups in total. The van der Waals surface area contributed by atoms with Crippen LogP contribution in [-0.2, 0) is 10.2 Å². The van der Waals surface area contributed by atoms with E-state index < -0.39 is 11.2 Å². The summed E-state index contributed by atoms with van der Waals surface area (Å²) >= 11 is 1.59. The van der Waals surface area contributed by atoms with Gasteiger partial charge in [0.2, 0.25) is 11.9 Å². The molecule has 2 aliphatic rings. The van der Waals surface area contributed by atoms with E-state index in [0.29, 0.717) is 29.4 Å². The van der Waals surface area contributed by atoms with E-state index in [1.165, 1.54) is 6.07 Å². The summed E-state index contributed by atoms with van der Waals surface area (Å²) in [5.41, 5.74) is 3.88. The molecular formula is C30H29FN6OS. The molecule has 1 aliphatic heterocycles. The third-order valence-corrected chi connectivity index (χ3v) is 7.97. The van der Waals surface area contributed by atoms with Gasteiger partial charge in [-0.1, -0.05) is 42.0 Å². The molecule has 39 heavy (non-hydrogen) atoms. The van der Waals surface area contributed by atoms with Crippen LogP contribution in [0.4, 0.5) is 27.5 Å². The first kappa shape index (κ1) is 25.3. The molecule has 198 valence electrons. The Labute approximate surface area is 231 Å². The van der Waals surface area contributed by atoms with Gasteiger partial charge in [0.05, 0.1) is 11.1 Å². The Morgan fingerprint density at radius 1 is 1.05 bits per heavy atom. The van der Waals surface area contributed by atoms with Crippen molar-refractivity contribution in [2.75, 3.05) is 29.0 Å². The number of hydrogen-bond donors (Lipinski definition) is 4. The summed E-state index contributed by atoms with van der Waals surface area (Å²) in [5.74, 6) is 0.388. The molecule has 9 heteroatoms. The van der Waals surface area contributed by atoms with Crippen LogP contribution < -0.4 is 20.7 Å². The Morgan fingerprint density at radius 2 is 1.90 bits per heavy atom. The van der Waals surface area contributed by atoms with Gasteiger partial charge in [-0.25, -0.2) is 9.37 Å². The molecule has 1 saturated carbocycles. The lowest BCUT2D eigenvalue weighted by molar-refractivity contribution is -0.118. The number of nitrogens with zero attached hydrogens (tertiary/aromatic N) is 2. The minimum Gasteiger partial charge on any atom is -0.369 e. The summed E-state index contributed by atoms with van der Waals surface area (Å²) in [6, 6.07) is 20.8. The number of amides is 1. The maximum atomic E-state index is 15.3. The van der Waals surface area contributed by atoms with Gasteiger partial charge in [-0.05, 0) is 79.6 Å². The van der Waals surface area contributed by atoms with Crippen molar-refractivity contribution in [1.29, 1.82) is 0 Å². The van der Waals surface area contributed by atoms with Gasteiger partial charge < -0.3 is 16.0 Å². The standard InChI is InChI=1S/C30H29FN6OS/c1-19-6-9-21(10-7-19)30(12-13-30)28(38)36-26-11-8-20(16-25(26)31)24-18-33-29-35-22-4-2-5-23(17-22)39-34-15-3-14-32-27(24)37-29/h2,4-11,16-18,34H,3,12-15H2,1H3,(H,36,38)(H2,32,33,35,37). The van der Waals surface area contributed by atoms with Crippen molar-refractivity contribution in [1.82, 2.24) is 14.7 Å². The van der Waals surface area contributed by atoms with Crippen LogP contribution in [0.25, 0.3) is 11.1 Å². The third-order valence-electron chi connectivity index (χ3n) is 7.13. The van der Waals surface area contributed by atoms with E-state index in [1.807, 2.05) is 55.5 Å². The average molecular weight is 541 g/mol. The van der Waals surface area contributed by atoms with Gasteiger partial charge in [0.1, 0.15) is 11.6 Å². The molecule has 4 aromatic rings. The molecular weight excluding hydrogens is 511 g/mol. The van der Waals surface area contributed by atoms with Crippen molar-refractivity contribution in [3.63, 3.8) is 0 Å². The summed E-state index contributed by atoms with van der Waals surface area (Å²) in [7, 11) is 0. The van der Waals surface area contributed by atoms with Gasteiger partial charge in [0.15, 0.2) is 0 Å². The van der Waals surface area contributed by atoms with Gasteiger partial charge in [-0.15, -0.1) is 0 Å². The fourth-order valence-electron chi connectivity index (χ4n) is 4.73. The molecule has 1 fully saturated rings. The fourth-order valence-corrected chi connectivity index (χ4v) is 5.47. The van der Waals surface area contributed by atoms with Crippen LogP contribution in [0.1, 0.15) is 30.4 Å². The molecule has 0 atom stereocenters. The number of carbonyl (C=O) groups excluding carboxylic acids is 1. The molecule has 1 aromatic heterocycles. The Bertz CT molecular complexity index is 1520. The van der Waals surface area contributed by atoms with Crippen molar-refractivity contribution in [2.45, 2.75) is 36.5 Å². The van der Waals surface area contributed by atoms with Crippen LogP contribution in [0, 0.1) is 12.7 Å². The Balaban J connectivity index is 1.24. The van der Waals surface area contributed by atoms with Gasteiger partial charge in [0, 0.05) is 35.4 Å². The summed E-state index contributed by atoms with van der Waals surface area (Å²) in [6.07, 6.45) is 4.08. The predicted molar refractivity (Wildman–Crippen MR) is 155 cm³/mol. The lowest BCUT2D eigenvalue weighted by Gasteiger charge is -2.17. The zero-order valence-electron chi connectivity index (χ0n) is 21.6. The summed E-state index contributed by atoms with van der Waals surface area (Å²) < 4.78 is 18.7. The molecule has 0 radical (unpaired) electrons. The van der Waals surface area contributed by atoms with Crippen molar-refractivity contribution in [3.8, 4) is 11.1 Å². The smallest absolute Gasteiger partial charge is 0.235 e. The summed E-state index contributed by atoms with van der Waals surface area (Å²) in [4.78, 5) is 23.5. The highest BCUT2D eigenvalue weighted by Gasteiger charge is 2.51. The van der Waals surface area contributed by atoms with Crippen molar-refractivity contribution < 1.29 is 9.18 Å². The highest BCUT2D eigenvalue weighted by molar-refractivity contribution is 7.97. The molecule has 6 rings (SSSR count). The van der Waals surface area contributed by atoms with Crippen LogP contribution in [-0.4, -0.2) is 29.0 Å². The second kappa shape index (κ2) is 10.7. The normalized spacial score (nSPS) is 15.9. The van der Waals surface area contributed by atoms with Crippen LogP contribution in [0.5, 0.6) is 0 Å². The van der Waals surface area contributed by atoms with E-state index in [4.69, 9.17) is 4.98 Å². The van der Waals surface area contributed by atoms with Gasteiger partial charge in [0.25, 0.3) is 0 Å². The van der Waals surface area contributed by atoms with E-state index in [1.54, 1.807) is 30.3 Å². The Kier molecular flexibility index (Phi) is 6.93. The molecule has 0 unspecified atom stereocenters. The number of aryl methyl sites for hydroxylation is 1. The number of benzene rings is 3. The fraction of sp³-hybridized carbons (Fsp3) is 0.233. The number of carbonyl (C=O) groups is 1. The second-order valence-electron chi connectivity index (χ2n) is 9.98. The average Bonchev–Trinajstić information content (AvgIpc) is 3.74. The molecule has 0 saturated heterocycles. The Hall–Kier alpha value is -3.95. The number of nitrogens with one attached hydrogen (secondary N) is 4. The quantitative estimate of drug-likeness (QED) is 0.222. The monoisotopic (exact) mass is 540 g/mol. The van der Waals surface area contributed by atoms with Crippen LogP contribution in [0.15, 0.2) is 77.8 Å². The number of rotatable bonds is 4. The van der Waals surface area contributed by atoms with Gasteiger partial charge in [-0.3, -0.25) is 9.52 Å². The van der Waals surface area contributed by atoms with Crippen molar-refractivity contribution in [3.05, 3.63) is 89.9 Å². The minimum atomic E-state index is -0.582. The molecule has 2 heterocycles. The highest BCUT2D eigenvalue weighted by Crippen LogP contribution is 2.49. The highest BCUT2D eigenvalue weighted by atomic mass is 32.2. The molecule has 7 nitrogen and oxygen atoms in total. The van der Waals surface area contributed by atoms with E-state index in [2.05, 4.69) is 25.7 Å². The van der Waals surface area contributed by atoms with Gasteiger partial charge >= 0.3 is 0 Å². The van der Waals surface area contributed by atoms with E-state index >= 15 is 4.39 Å². The number of halogens is 1. The first-order chi connectivity index (χ1) is 19.0. The first-order valence-corrected chi connectivity index (χ1v) is 13.9. The number of fused-ring (bicyclic) bond motifs is 4. The molecule has 4 bridgehead atoms. The molecule has 0 spiro atoms. The zero-order chi connectivity index (χ0) is 26.8. The number of aromatic nitrogens is 2. The predicted octanol–water partition coefficient (Wildman–Crippen LogP) is 6.42. The van der Waals surface area contributed by atoms with E-state index in [0.717, 1.165) is 47.5 Å². The maximum absolute atomic E-state index is 15.3. The van der Waals surface area contributed by atoms with Crippen molar-refractivity contribution in [2.24, 2.45) is 0 Å². The largest absolute Gasteiger partial charge is 0.369 e. The lowest BCUT2D eigenvalue weighted by atomic mass is 9.94. The molecule has 3 aromatic carbocycles. The topological polar surface area (TPSA) is 91.0 Å². The zero-order valence-corrected chi connectivity index (χ0v) is 22.4. The van der Waals surface area contributed by atoms with Crippen LogP contribution >= 0.6 is 11.9 Å².